The number of ether oxygens (including phenoxy) is 2. The average Bonchev–Trinajstić information content (AvgIpc) is 3.04. The molecular formula is C23H27ClN2O5S. The van der Waals surface area contributed by atoms with Gasteiger partial charge in [0.1, 0.15) is 0 Å². The molecule has 0 aliphatic carbocycles. The number of fused-ring (bicyclic) bond motifs is 1. The number of rotatable bonds is 5. The standard InChI is InChI=1S/C23H27ClN2O5S/c1-16(19-5-2-3-6-20(19)24)25-23(27)17-9-11-26(12-10-17)32(28,29)18-7-8-21-22(15-18)31-14-4-13-30-21/h2-3,5-8,15-17H,4,9-14H2,1H3,(H,25,27). The van der Waals surface area contributed by atoms with Gasteiger partial charge in [-0.2, -0.15) is 4.31 Å². The number of halogens is 1. The molecule has 1 N–H and O–H groups in total. The quantitative estimate of drug-likeness (QED) is 0.706. The number of sulfonamides is 1. The van der Waals surface area contributed by atoms with E-state index in [0.717, 1.165) is 12.0 Å². The van der Waals surface area contributed by atoms with Gasteiger partial charge in [-0.15, -0.1) is 0 Å². The molecule has 2 aliphatic rings. The number of carbonyl (C=O) groups is 1. The van der Waals surface area contributed by atoms with Crippen molar-refractivity contribution in [3.05, 3.63) is 53.1 Å². The zero-order chi connectivity index (χ0) is 22.7. The van der Waals surface area contributed by atoms with Crippen molar-refractivity contribution in [1.29, 1.82) is 0 Å². The van der Waals surface area contributed by atoms with Gasteiger partial charge in [0.2, 0.25) is 15.9 Å². The first-order chi connectivity index (χ1) is 15.4. The van der Waals surface area contributed by atoms with E-state index in [-0.39, 0.29) is 35.9 Å². The maximum Gasteiger partial charge on any atom is 0.243 e. The monoisotopic (exact) mass is 478 g/mol. The topological polar surface area (TPSA) is 84.9 Å². The van der Waals surface area contributed by atoms with Crippen LogP contribution in [0.5, 0.6) is 11.5 Å². The number of nitrogens with one attached hydrogen (secondary N) is 1. The Morgan fingerprint density at radius 2 is 1.78 bits per heavy atom. The Hall–Kier alpha value is -2.29. The third-order valence-corrected chi connectivity index (χ3v) is 8.15. The lowest BCUT2D eigenvalue weighted by atomic mass is 9.96. The van der Waals surface area contributed by atoms with Crippen molar-refractivity contribution in [3.63, 3.8) is 0 Å². The predicted octanol–water partition coefficient (Wildman–Crippen LogP) is 3.78. The number of carbonyl (C=O) groups excluding carboxylic acids is 1. The Labute approximate surface area is 193 Å². The van der Waals surface area contributed by atoms with Crippen molar-refractivity contribution < 1.29 is 22.7 Å². The van der Waals surface area contributed by atoms with Gasteiger partial charge in [-0.25, -0.2) is 8.42 Å². The van der Waals surface area contributed by atoms with E-state index >= 15 is 0 Å². The van der Waals surface area contributed by atoms with E-state index in [1.807, 2.05) is 25.1 Å². The van der Waals surface area contributed by atoms with E-state index in [1.165, 1.54) is 10.4 Å². The van der Waals surface area contributed by atoms with Crippen molar-refractivity contribution in [3.8, 4) is 11.5 Å². The summed E-state index contributed by atoms with van der Waals surface area (Å²) < 4.78 is 39.0. The van der Waals surface area contributed by atoms with Gasteiger partial charge >= 0.3 is 0 Å². The van der Waals surface area contributed by atoms with Crippen LogP contribution in [0, 0.1) is 5.92 Å². The van der Waals surface area contributed by atoms with Crippen molar-refractivity contribution >= 4 is 27.5 Å². The molecule has 2 aromatic carbocycles. The number of hydrogen-bond donors (Lipinski definition) is 1. The van der Waals surface area contributed by atoms with Crippen molar-refractivity contribution in [2.45, 2.75) is 37.1 Å². The van der Waals surface area contributed by atoms with Crippen LogP contribution in [0.1, 0.15) is 37.8 Å². The van der Waals surface area contributed by atoms with Crippen LogP contribution >= 0.6 is 11.6 Å². The molecule has 1 unspecified atom stereocenters. The predicted molar refractivity (Wildman–Crippen MR) is 122 cm³/mol. The molecular weight excluding hydrogens is 452 g/mol. The van der Waals surface area contributed by atoms with Crippen LogP contribution in [0.2, 0.25) is 5.02 Å². The summed E-state index contributed by atoms with van der Waals surface area (Å²) in [7, 11) is -3.68. The molecule has 0 saturated carbocycles. The molecule has 2 heterocycles. The molecule has 2 aliphatic heterocycles. The van der Waals surface area contributed by atoms with Gasteiger partial charge in [-0.1, -0.05) is 29.8 Å². The number of hydrogen-bond acceptors (Lipinski definition) is 5. The molecule has 172 valence electrons. The van der Waals surface area contributed by atoms with E-state index in [1.54, 1.807) is 18.2 Å². The van der Waals surface area contributed by atoms with Gasteiger partial charge in [0.25, 0.3) is 0 Å². The Bertz CT molecular complexity index is 1080. The number of piperidine rings is 1. The normalized spacial score (nSPS) is 18.6. The highest BCUT2D eigenvalue weighted by Crippen LogP contribution is 2.34. The largest absolute Gasteiger partial charge is 0.490 e. The van der Waals surface area contributed by atoms with Gasteiger partial charge in [-0.3, -0.25) is 4.79 Å². The average molecular weight is 479 g/mol. The molecule has 32 heavy (non-hydrogen) atoms. The highest BCUT2D eigenvalue weighted by Gasteiger charge is 2.33. The zero-order valence-electron chi connectivity index (χ0n) is 17.9. The van der Waals surface area contributed by atoms with Gasteiger partial charge in [-0.05, 0) is 43.5 Å². The third-order valence-electron chi connectivity index (χ3n) is 5.91. The minimum atomic E-state index is -3.68. The van der Waals surface area contributed by atoms with Crippen LogP contribution in [-0.4, -0.2) is 44.9 Å². The molecule has 4 rings (SSSR count). The SMILES string of the molecule is CC(NC(=O)C1CCN(S(=O)(=O)c2ccc3c(c2)OCCCO3)CC1)c1ccccc1Cl. The second-order valence-electron chi connectivity index (χ2n) is 8.09. The second kappa shape index (κ2) is 9.68. The van der Waals surface area contributed by atoms with Crippen molar-refractivity contribution in [1.82, 2.24) is 9.62 Å². The lowest BCUT2D eigenvalue weighted by molar-refractivity contribution is -0.126. The maximum atomic E-state index is 13.2. The molecule has 1 saturated heterocycles. The van der Waals surface area contributed by atoms with E-state index in [4.69, 9.17) is 21.1 Å². The second-order valence-corrected chi connectivity index (χ2v) is 10.4. The first-order valence-electron chi connectivity index (χ1n) is 10.8. The van der Waals surface area contributed by atoms with Gasteiger partial charge in [0, 0.05) is 36.5 Å². The van der Waals surface area contributed by atoms with Gasteiger partial charge < -0.3 is 14.8 Å². The first kappa shape index (κ1) is 22.9. The summed E-state index contributed by atoms with van der Waals surface area (Å²) in [5, 5.41) is 3.62. The summed E-state index contributed by atoms with van der Waals surface area (Å²) in [6.07, 6.45) is 1.68. The maximum absolute atomic E-state index is 13.2. The Morgan fingerprint density at radius 3 is 2.50 bits per heavy atom. The Kier molecular flexibility index (Phi) is 6.93. The number of amides is 1. The molecule has 0 radical (unpaired) electrons. The lowest BCUT2D eigenvalue weighted by Gasteiger charge is -2.31. The number of nitrogens with zero attached hydrogens (tertiary/aromatic N) is 1. The van der Waals surface area contributed by atoms with Crippen LogP contribution in [0.4, 0.5) is 0 Å². The summed E-state index contributed by atoms with van der Waals surface area (Å²) >= 11 is 6.23. The summed E-state index contributed by atoms with van der Waals surface area (Å²) in [6.45, 7) is 3.50. The lowest BCUT2D eigenvalue weighted by Crippen LogP contribution is -2.43. The van der Waals surface area contributed by atoms with Crippen LogP contribution in [0.25, 0.3) is 0 Å². The molecule has 7 nitrogen and oxygen atoms in total. The fourth-order valence-electron chi connectivity index (χ4n) is 4.05. The molecule has 9 heteroatoms. The number of benzene rings is 2. The van der Waals surface area contributed by atoms with Crippen LogP contribution < -0.4 is 14.8 Å². The third kappa shape index (κ3) is 4.87. The molecule has 2 aromatic rings. The van der Waals surface area contributed by atoms with Gasteiger partial charge in [0.05, 0.1) is 24.2 Å². The molecule has 1 amide bonds. The summed E-state index contributed by atoms with van der Waals surface area (Å²) in [6, 6.07) is 11.9. The Balaban J connectivity index is 1.38. The van der Waals surface area contributed by atoms with E-state index in [2.05, 4.69) is 5.32 Å². The highest BCUT2D eigenvalue weighted by atomic mass is 35.5. The van der Waals surface area contributed by atoms with E-state index in [9.17, 15) is 13.2 Å². The molecule has 0 spiro atoms. The zero-order valence-corrected chi connectivity index (χ0v) is 19.5. The van der Waals surface area contributed by atoms with Crippen LogP contribution in [0.15, 0.2) is 47.4 Å². The summed E-state index contributed by atoms with van der Waals surface area (Å²) in [4.78, 5) is 12.9. The molecule has 1 atom stereocenters. The fourth-order valence-corrected chi connectivity index (χ4v) is 5.83. The van der Waals surface area contributed by atoms with Gasteiger partial charge in [0.15, 0.2) is 11.5 Å². The smallest absolute Gasteiger partial charge is 0.243 e. The summed E-state index contributed by atoms with van der Waals surface area (Å²) in [5.74, 6) is 0.691. The fraction of sp³-hybridized carbons (Fsp3) is 0.435. The Morgan fingerprint density at radius 1 is 1.09 bits per heavy atom. The highest BCUT2D eigenvalue weighted by molar-refractivity contribution is 7.89. The minimum absolute atomic E-state index is 0.0787. The minimum Gasteiger partial charge on any atom is -0.490 e. The van der Waals surface area contributed by atoms with Crippen LogP contribution in [0.3, 0.4) is 0 Å². The van der Waals surface area contributed by atoms with Crippen molar-refractivity contribution in [2.75, 3.05) is 26.3 Å². The van der Waals surface area contributed by atoms with E-state index < -0.39 is 10.0 Å². The van der Waals surface area contributed by atoms with Crippen LogP contribution in [-0.2, 0) is 14.8 Å². The molecule has 0 aromatic heterocycles. The first-order valence-corrected chi connectivity index (χ1v) is 12.6. The molecule has 0 bridgehead atoms. The van der Waals surface area contributed by atoms with E-state index in [0.29, 0.717) is 42.6 Å². The summed E-state index contributed by atoms with van der Waals surface area (Å²) in [5.41, 5.74) is 0.858. The molecule has 1 fully saturated rings. The van der Waals surface area contributed by atoms with Crippen molar-refractivity contribution in [2.24, 2.45) is 5.92 Å².